The van der Waals surface area contributed by atoms with E-state index in [9.17, 15) is 9.59 Å². The monoisotopic (exact) mass is 468 g/mol. The molecule has 2 amide bonds. The zero-order chi connectivity index (χ0) is 24.7. The topological polar surface area (TPSA) is 106 Å². The van der Waals surface area contributed by atoms with Crippen molar-refractivity contribution in [1.29, 1.82) is 0 Å². The molecular weight excluding hydrogens is 435 g/mol. The molecule has 2 aliphatic heterocycles. The van der Waals surface area contributed by atoms with Crippen molar-refractivity contribution in [2.75, 3.05) is 13.7 Å². The summed E-state index contributed by atoms with van der Waals surface area (Å²) in [5.41, 5.74) is 2.04. The summed E-state index contributed by atoms with van der Waals surface area (Å²) in [6, 6.07) is 7.19. The second-order valence-corrected chi connectivity index (χ2v) is 9.94. The summed E-state index contributed by atoms with van der Waals surface area (Å²) in [7, 11) is 0.868. The number of likely N-dealkylation sites (tertiary alicyclic amines) is 1. The number of nitrogens with zero attached hydrogens (tertiary/aromatic N) is 2. The van der Waals surface area contributed by atoms with E-state index in [1.807, 2.05) is 52.0 Å². The van der Waals surface area contributed by atoms with Gasteiger partial charge in [-0.05, 0) is 58.5 Å². The van der Waals surface area contributed by atoms with Crippen LogP contribution in [0.3, 0.4) is 0 Å². The van der Waals surface area contributed by atoms with Gasteiger partial charge in [-0.25, -0.2) is 9.78 Å². The number of nitrogens with one attached hydrogen (secondary N) is 2. The van der Waals surface area contributed by atoms with Crippen LogP contribution >= 0.6 is 0 Å². The van der Waals surface area contributed by atoms with Gasteiger partial charge in [0.25, 0.3) is 0 Å². The minimum Gasteiger partial charge on any atom is -0.453 e. The second-order valence-electron chi connectivity index (χ2n) is 9.94. The molecule has 2 unspecified atom stereocenters. The molecule has 1 aromatic heterocycles. The number of H-pyrrole nitrogens is 1. The van der Waals surface area contributed by atoms with E-state index in [0.29, 0.717) is 6.54 Å². The number of carbonyl (C=O) groups excluding carboxylic acids is 2. The van der Waals surface area contributed by atoms with Gasteiger partial charge < -0.3 is 29.2 Å². The molecule has 3 heterocycles. The maximum atomic E-state index is 12.9. The quantitative estimate of drug-likeness (QED) is 0.654. The minimum absolute atomic E-state index is 0.155. The molecule has 0 radical (unpaired) electrons. The molecule has 0 saturated carbocycles. The van der Waals surface area contributed by atoms with E-state index in [4.69, 9.17) is 9.31 Å². The van der Waals surface area contributed by atoms with Crippen LogP contribution in [0.2, 0.25) is 0 Å². The van der Waals surface area contributed by atoms with Crippen LogP contribution in [-0.2, 0) is 18.8 Å². The lowest BCUT2D eigenvalue weighted by molar-refractivity contribution is -0.134. The Morgan fingerprint density at radius 1 is 1.21 bits per heavy atom. The molecule has 2 saturated heterocycles. The highest BCUT2D eigenvalue weighted by atomic mass is 16.7. The van der Waals surface area contributed by atoms with Crippen LogP contribution in [0.4, 0.5) is 4.79 Å². The van der Waals surface area contributed by atoms with Crippen molar-refractivity contribution in [1.82, 2.24) is 20.2 Å². The fourth-order valence-corrected chi connectivity index (χ4v) is 4.31. The Labute approximate surface area is 200 Å². The van der Waals surface area contributed by atoms with Crippen molar-refractivity contribution in [3.8, 4) is 11.3 Å². The minimum atomic E-state index is -0.676. The summed E-state index contributed by atoms with van der Waals surface area (Å²) < 4.78 is 16.9. The van der Waals surface area contributed by atoms with Gasteiger partial charge in [0.2, 0.25) is 5.91 Å². The van der Waals surface area contributed by atoms with Gasteiger partial charge in [0.1, 0.15) is 11.9 Å². The second kappa shape index (κ2) is 9.07. The molecule has 2 fully saturated rings. The van der Waals surface area contributed by atoms with E-state index in [-0.39, 0.29) is 23.2 Å². The molecule has 4 rings (SSSR count). The highest BCUT2D eigenvalue weighted by Crippen LogP contribution is 2.36. The van der Waals surface area contributed by atoms with Gasteiger partial charge in [-0.1, -0.05) is 24.3 Å². The Hall–Kier alpha value is -2.85. The zero-order valence-electron chi connectivity index (χ0n) is 20.7. The van der Waals surface area contributed by atoms with E-state index in [1.165, 1.54) is 7.11 Å². The predicted octanol–water partition coefficient (Wildman–Crippen LogP) is 2.78. The lowest BCUT2D eigenvalue weighted by Crippen LogP contribution is -2.46. The van der Waals surface area contributed by atoms with E-state index in [0.717, 1.165) is 35.4 Å². The lowest BCUT2D eigenvalue weighted by Gasteiger charge is -2.32. The number of ether oxygens (including phenoxy) is 1. The highest BCUT2D eigenvalue weighted by Gasteiger charge is 2.51. The summed E-state index contributed by atoms with van der Waals surface area (Å²) in [5, 5.41) is 2.54. The first kappa shape index (κ1) is 24.3. The molecule has 0 bridgehead atoms. The number of alkyl carbamates (subject to hydrolysis) is 1. The van der Waals surface area contributed by atoms with Gasteiger partial charge in [-0.3, -0.25) is 4.79 Å². The highest BCUT2D eigenvalue weighted by molar-refractivity contribution is 6.62. The molecule has 2 atom stereocenters. The summed E-state index contributed by atoms with van der Waals surface area (Å²) in [6.45, 7) is 10.4. The molecule has 2 aliphatic rings. The van der Waals surface area contributed by atoms with Crippen molar-refractivity contribution in [2.24, 2.45) is 0 Å². The van der Waals surface area contributed by atoms with Crippen LogP contribution in [0.25, 0.3) is 11.3 Å². The molecule has 0 aliphatic carbocycles. The lowest BCUT2D eigenvalue weighted by atomic mass is 9.79. The summed E-state index contributed by atoms with van der Waals surface area (Å²) in [6.07, 6.45) is 2.85. The van der Waals surface area contributed by atoms with Crippen LogP contribution < -0.4 is 10.8 Å². The standard InChI is InChI=1S/C24H33BN4O5/c1-15(27-22(31)32-6)21(30)29-13-7-8-19(29)20-26-14-18(28-20)16-9-11-17(12-10-16)25-33-23(2,3)24(4,5)34-25/h9-12,14-15,19H,7-8,13H2,1-6H3,(H,26,28)(H,27,31). The Morgan fingerprint density at radius 3 is 2.47 bits per heavy atom. The van der Waals surface area contributed by atoms with Crippen molar-refractivity contribution in [3.63, 3.8) is 0 Å². The van der Waals surface area contributed by atoms with E-state index < -0.39 is 19.3 Å². The normalized spacial score (nSPS) is 22.0. The molecule has 0 spiro atoms. The van der Waals surface area contributed by atoms with Gasteiger partial charge in [0.15, 0.2) is 0 Å². The number of hydrogen-bond acceptors (Lipinski definition) is 6. The van der Waals surface area contributed by atoms with Gasteiger partial charge in [0.05, 0.1) is 36.2 Å². The maximum Gasteiger partial charge on any atom is 0.494 e. The Morgan fingerprint density at radius 2 is 1.85 bits per heavy atom. The van der Waals surface area contributed by atoms with E-state index >= 15 is 0 Å². The Bertz CT molecular complexity index is 1040. The smallest absolute Gasteiger partial charge is 0.453 e. The molecular formula is C24H33BN4O5. The number of amides is 2. The first-order valence-corrected chi connectivity index (χ1v) is 11.7. The number of hydrogen-bond donors (Lipinski definition) is 2. The first-order chi connectivity index (χ1) is 16.0. The molecule has 2 N–H and O–H groups in total. The molecule has 182 valence electrons. The fourth-order valence-electron chi connectivity index (χ4n) is 4.31. The fraction of sp³-hybridized carbons (Fsp3) is 0.542. The zero-order valence-corrected chi connectivity index (χ0v) is 20.7. The van der Waals surface area contributed by atoms with Gasteiger partial charge in [-0.15, -0.1) is 0 Å². The number of aromatic nitrogens is 2. The predicted molar refractivity (Wildman–Crippen MR) is 128 cm³/mol. The third kappa shape index (κ3) is 4.56. The molecule has 10 heteroatoms. The first-order valence-electron chi connectivity index (χ1n) is 11.7. The van der Waals surface area contributed by atoms with Crippen LogP contribution in [0.1, 0.15) is 59.3 Å². The molecule has 2 aromatic rings. The van der Waals surface area contributed by atoms with Crippen molar-refractivity contribution >= 4 is 24.6 Å². The number of aromatic amines is 1. The van der Waals surface area contributed by atoms with Crippen molar-refractivity contribution in [3.05, 3.63) is 36.3 Å². The van der Waals surface area contributed by atoms with Crippen LogP contribution in [-0.4, -0.2) is 64.9 Å². The third-order valence-electron chi connectivity index (χ3n) is 7.08. The largest absolute Gasteiger partial charge is 0.494 e. The number of benzene rings is 1. The SMILES string of the molecule is COC(=O)NC(C)C(=O)N1CCCC1c1ncc(-c2ccc(B3OC(C)(C)C(C)(C)O3)cc2)[nH]1. The Kier molecular flexibility index (Phi) is 6.48. The van der Waals surface area contributed by atoms with Crippen LogP contribution in [0, 0.1) is 0 Å². The Balaban J connectivity index is 1.46. The van der Waals surface area contributed by atoms with Gasteiger partial charge in [0, 0.05) is 6.54 Å². The number of rotatable bonds is 5. The summed E-state index contributed by atoms with van der Waals surface area (Å²) in [5.74, 6) is 0.582. The molecule has 34 heavy (non-hydrogen) atoms. The van der Waals surface area contributed by atoms with E-state index in [1.54, 1.807) is 18.0 Å². The average molecular weight is 468 g/mol. The van der Waals surface area contributed by atoms with Crippen molar-refractivity contribution in [2.45, 2.75) is 70.7 Å². The number of methoxy groups -OCH3 is 1. The molecule has 1 aromatic carbocycles. The molecule has 9 nitrogen and oxygen atoms in total. The van der Waals surface area contributed by atoms with Gasteiger partial charge in [-0.2, -0.15) is 0 Å². The van der Waals surface area contributed by atoms with E-state index in [2.05, 4.69) is 20.0 Å². The maximum absolute atomic E-state index is 12.9. The summed E-state index contributed by atoms with van der Waals surface area (Å²) >= 11 is 0. The number of carbonyl (C=O) groups is 2. The number of imidazole rings is 1. The summed E-state index contributed by atoms with van der Waals surface area (Å²) in [4.78, 5) is 34.1. The van der Waals surface area contributed by atoms with Gasteiger partial charge >= 0.3 is 13.2 Å². The van der Waals surface area contributed by atoms with Crippen molar-refractivity contribution < 1.29 is 23.6 Å². The van der Waals surface area contributed by atoms with Crippen LogP contribution in [0.5, 0.6) is 0 Å². The van der Waals surface area contributed by atoms with Crippen LogP contribution in [0.15, 0.2) is 30.5 Å². The average Bonchev–Trinajstić information content (AvgIpc) is 3.51. The third-order valence-corrected chi connectivity index (χ3v) is 7.08.